The molecular formula is C18H20N6O3. The maximum absolute atomic E-state index is 13.3. The highest BCUT2D eigenvalue weighted by Crippen LogP contribution is 2.49. The summed E-state index contributed by atoms with van der Waals surface area (Å²) in [6, 6.07) is -0.384. The Morgan fingerprint density at radius 1 is 1.19 bits per heavy atom. The number of hydrogen-bond acceptors (Lipinski definition) is 5. The second-order valence-electron chi connectivity index (χ2n) is 7.57. The molecule has 3 amide bonds. The third kappa shape index (κ3) is 2.48. The summed E-state index contributed by atoms with van der Waals surface area (Å²) in [5.74, 6) is 0.0174. The molecule has 3 aliphatic rings. The molecule has 0 spiro atoms. The van der Waals surface area contributed by atoms with Crippen molar-refractivity contribution in [2.45, 2.75) is 24.9 Å². The molecule has 2 aromatic heterocycles. The SMILES string of the molecule is CN1CCN(C(=O)[C@@H]2C[C@@H]3C[C@@H]3N2C(=O)c2cnn3ccncc23)CC1=O. The van der Waals surface area contributed by atoms with Crippen molar-refractivity contribution in [3.8, 4) is 0 Å². The summed E-state index contributed by atoms with van der Waals surface area (Å²) in [7, 11) is 1.74. The van der Waals surface area contributed by atoms with Crippen molar-refractivity contribution in [3.63, 3.8) is 0 Å². The number of nitrogens with zero attached hydrogens (tertiary/aromatic N) is 6. The number of rotatable bonds is 2. The molecule has 2 aromatic rings. The quantitative estimate of drug-likeness (QED) is 0.722. The van der Waals surface area contributed by atoms with Gasteiger partial charge in [-0.25, -0.2) is 4.52 Å². The maximum Gasteiger partial charge on any atom is 0.258 e. The first kappa shape index (κ1) is 16.2. The summed E-state index contributed by atoms with van der Waals surface area (Å²) in [5.41, 5.74) is 1.09. The minimum absolute atomic E-state index is 0.0654. The smallest absolute Gasteiger partial charge is 0.258 e. The Morgan fingerprint density at radius 2 is 2.04 bits per heavy atom. The number of likely N-dealkylation sites (N-methyl/N-ethyl adjacent to an activating group) is 1. The maximum atomic E-state index is 13.3. The number of hydrogen-bond donors (Lipinski definition) is 0. The van der Waals surface area contributed by atoms with Crippen LogP contribution in [-0.2, 0) is 9.59 Å². The highest BCUT2D eigenvalue weighted by atomic mass is 16.2. The van der Waals surface area contributed by atoms with Gasteiger partial charge in [-0.3, -0.25) is 19.4 Å². The molecule has 0 aromatic carbocycles. The highest BCUT2D eigenvalue weighted by Gasteiger charge is 2.57. The molecule has 4 heterocycles. The molecule has 2 saturated heterocycles. The number of likely N-dealkylation sites (tertiary alicyclic amines) is 1. The normalized spacial score (nSPS) is 27.2. The van der Waals surface area contributed by atoms with Crippen LogP contribution in [0.25, 0.3) is 5.52 Å². The Bertz CT molecular complexity index is 955. The molecule has 27 heavy (non-hydrogen) atoms. The van der Waals surface area contributed by atoms with Gasteiger partial charge in [0, 0.05) is 38.6 Å². The second-order valence-corrected chi connectivity index (χ2v) is 7.57. The highest BCUT2D eigenvalue weighted by molar-refractivity contribution is 6.03. The van der Waals surface area contributed by atoms with E-state index in [9.17, 15) is 14.4 Å². The van der Waals surface area contributed by atoms with E-state index in [1.165, 1.54) is 6.20 Å². The summed E-state index contributed by atoms with van der Waals surface area (Å²) < 4.78 is 1.61. The summed E-state index contributed by atoms with van der Waals surface area (Å²) in [5, 5.41) is 4.21. The minimum Gasteiger partial charge on any atom is -0.342 e. The van der Waals surface area contributed by atoms with Crippen LogP contribution >= 0.6 is 0 Å². The van der Waals surface area contributed by atoms with E-state index in [2.05, 4.69) is 10.1 Å². The van der Waals surface area contributed by atoms with Crippen molar-refractivity contribution in [1.82, 2.24) is 29.3 Å². The Kier molecular flexibility index (Phi) is 3.46. The number of piperazine rings is 1. The van der Waals surface area contributed by atoms with E-state index in [0.29, 0.717) is 36.5 Å². The van der Waals surface area contributed by atoms with Gasteiger partial charge in [-0.05, 0) is 18.8 Å². The van der Waals surface area contributed by atoms with Crippen LogP contribution in [0.4, 0.5) is 0 Å². The standard InChI is InChI=1S/C18H20N6O3/c1-21-4-5-22(10-16(21)25)18(27)14-7-11-6-13(11)24(14)17(26)12-8-20-23-3-2-19-9-15(12)23/h2-3,8-9,11,13-14H,4-7,10H2,1H3/t11-,13-,14-/m0/s1. The zero-order valence-corrected chi connectivity index (χ0v) is 15.0. The number of carbonyl (C=O) groups is 3. The van der Waals surface area contributed by atoms with Crippen LogP contribution < -0.4 is 0 Å². The number of fused-ring (bicyclic) bond motifs is 2. The van der Waals surface area contributed by atoms with Crippen molar-refractivity contribution >= 4 is 23.2 Å². The lowest BCUT2D eigenvalue weighted by molar-refractivity contribution is -0.146. The Hall–Kier alpha value is -2.97. The van der Waals surface area contributed by atoms with Crippen molar-refractivity contribution in [3.05, 3.63) is 30.4 Å². The molecule has 0 radical (unpaired) electrons. The number of piperidine rings is 1. The van der Waals surface area contributed by atoms with Gasteiger partial charge in [0.2, 0.25) is 11.8 Å². The van der Waals surface area contributed by atoms with Crippen molar-refractivity contribution in [2.75, 3.05) is 26.7 Å². The molecule has 5 rings (SSSR count). The molecule has 1 saturated carbocycles. The van der Waals surface area contributed by atoms with Crippen LogP contribution in [0.3, 0.4) is 0 Å². The van der Waals surface area contributed by atoms with Gasteiger partial charge in [0.05, 0.1) is 30.0 Å². The fourth-order valence-electron chi connectivity index (χ4n) is 4.26. The van der Waals surface area contributed by atoms with Gasteiger partial charge in [0.25, 0.3) is 5.91 Å². The van der Waals surface area contributed by atoms with Crippen LogP contribution in [0, 0.1) is 5.92 Å². The largest absolute Gasteiger partial charge is 0.342 e. The zero-order chi connectivity index (χ0) is 18.7. The molecule has 2 aliphatic heterocycles. The molecule has 3 fully saturated rings. The summed E-state index contributed by atoms with van der Waals surface area (Å²) in [6.07, 6.45) is 8.06. The van der Waals surface area contributed by atoms with E-state index in [1.807, 2.05) is 0 Å². The van der Waals surface area contributed by atoms with Gasteiger partial charge in [0.1, 0.15) is 6.04 Å². The molecule has 0 N–H and O–H groups in total. The lowest BCUT2D eigenvalue weighted by Crippen LogP contribution is -2.56. The lowest BCUT2D eigenvalue weighted by atomic mass is 10.1. The zero-order valence-electron chi connectivity index (χ0n) is 15.0. The van der Waals surface area contributed by atoms with Crippen LogP contribution in [-0.4, -0.2) is 85.8 Å². The third-order valence-electron chi connectivity index (χ3n) is 5.95. The molecule has 9 nitrogen and oxygen atoms in total. The van der Waals surface area contributed by atoms with Crippen molar-refractivity contribution < 1.29 is 14.4 Å². The fourth-order valence-corrected chi connectivity index (χ4v) is 4.26. The lowest BCUT2D eigenvalue weighted by Gasteiger charge is -2.36. The average Bonchev–Trinajstić information content (AvgIpc) is 3.14. The van der Waals surface area contributed by atoms with E-state index < -0.39 is 6.04 Å². The predicted octanol–water partition coefficient (Wildman–Crippen LogP) is -0.367. The van der Waals surface area contributed by atoms with E-state index >= 15 is 0 Å². The Labute approximate surface area is 155 Å². The second kappa shape index (κ2) is 5.77. The Morgan fingerprint density at radius 3 is 2.85 bits per heavy atom. The molecule has 3 atom stereocenters. The molecule has 1 aliphatic carbocycles. The monoisotopic (exact) mass is 368 g/mol. The summed E-state index contributed by atoms with van der Waals surface area (Å²) >= 11 is 0. The average molecular weight is 368 g/mol. The van der Waals surface area contributed by atoms with Crippen LogP contribution in [0.5, 0.6) is 0 Å². The molecule has 9 heteroatoms. The first-order valence-corrected chi connectivity index (χ1v) is 9.17. The van der Waals surface area contributed by atoms with Gasteiger partial charge < -0.3 is 14.7 Å². The van der Waals surface area contributed by atoms with Crippen LogP contribution in [0.2, 0.25) is 0 Å². The predicted molar refractivity (Wildman–Crippen MR) is 93.7 cm³/mol. The van der Waals surface area contributed by atoms with E-state index in [0.717, 1.165) is 6.42 Å². The molecule has 0 bridgehead atoms. The van der Waals surface area contributed by atoms with Gasteiger partial charge in [-0.1, -0.05) is 0 Å². The van der Waals surface area contributed by atoms with E-state index in [4.69, 9.17) is 0 Å². The number of aromatic nitrogens is 3. The fraction of sp³-hybridized carbons (Fsp3) is 0.500. The number of amides is 3. The minimum atomic E-state index is -0.496. The topological polar surface area (TPSA) is 91.1 Å². The van der Waals surface area contributed by atoms with Gasteiger partial charge in [-0.2, -0.15) is 5.10 Å². The molecule has 140 valence electrons. The van der Waals surface area contributed by atoms with Crippen LogP contribution in [0.15, 0.2) is 24.8 Å². The Balaban J connectivity index is 1.42. The van der Waals surface area contributed by atoms with E-state index in [-0.39, 0.29) is 30.3 Å². The van der Waals surface area contributed by atoms with Crippen molar-refractivity contribution in [2.24, 2.45) is 5.92 Å². The van der Waals surface area contributed by atoms with Gasteiger partial charge in [-0.15, -0.1) is 0 Å². The molecular weight excluding hydrogens is 348 g/mol. The number of carbonyl (C=O) groups excluding carboxylic acids is 3. The van der Waals surface area contributed by atoms with E-state index in [1.54, 1.807) is 44.9 Å². The van der Waals surface area contributed by atoms with Crippen LogP contribution in [0.1, 0.15) is 23.2 Å². The first-order chi connectivity index (χ1) is 13.0. The van der Waals surface area contributed by atoms with Crippen molar-refractivity contribution in [1.29, 1.82) is 0 Å². The third-order valence-corrected chi connectivity index (χ3v) is 5.95. The van der Waals surface area contributed by atoms with Gasteiger partial charge >= 0.3 is 0 Å². The summed E-state index contributed by atoms with van der Waals surface area (Å²) in [4.78, 5) is 47.4. The van der Waals surface area contributed by atoms with Gasteiger partial charge in [0.15, 0.2) is 0 Å². The summed E-state index contributed by atoms with van der Waals surface area (Å²) in [6.45, 7) is 1.12. The molecule has 0 unspecified atom stereocenters. The first-order valence-electron chi connectivity index (χ1n) is 9.17.